The summed E-state index contributed by atoms with van der Waals surface area (Å²) >= 11 is 0. The van der Waals surface area contributed by atoms with E-state index >= 15 is 0 Å². The predicted molar refractivity (Wildman–Crippen MR) is 92.0 cm³/mol. The molecule has 1 amide bonds. The number of carbonyl (C=O) groups is 1. The van der Waals surface area contributed by atoms with Crippen molar-refractivity contribution in [3.8, 4) is 22.5 Å². The van der Waals surface area contributed by atoms with E-state index < -0.39 is 5.91 Å². The number of aryl methyl sites for hydroxylation is 1. The molecule has 3 rings (SSSR count). The van der Waals surface area contributed by atoms with Crippen molar-refractivity contribution in [1.82, 2.24) is 9.78 Å². The van der Waals surface area contributed by atoms with Gasteiger partial charge in [-0.05, 0) is 18.6 Å². The quantitative estimate of drug-likeness (QED) is 0.803. The van der Waals surface area contributed by atoms with E-state index in [2.05, 4.69) is 19.1 Å². The summed E-state index contributed by atoms with van der Waals surface area (Å²) in [5.41, 5.74) is 11.2. The average Bonchev–Trinajstić information content (AvgIpc) is 2.92. The molecule has 0 atom stereocenters. The van der Waals surface area contributed by atoms with Crippen LogP contribution in [0.5, 0.6) is 0 Å². The largest absolute Gasteiger partial charge is 0.366 e. The van der Waals surface area contributed by atoms with E-state index in [0.29, 0.717) is 5.56 Å². The first-order chi connectivity index (χ1) is 11.1. The number of amides is 1. The minimum atomic E-state index is -0.415. The second kappa shape index (κ2) is 6.08. The minimum Gasteiger partial charge on any atom is -0.366 e. The summed E-state index contributed by atoms with van der Waals surface area (Å²) in [5, 5.41) is 4.71. The Morgan fingerprint density at radius 1 is 1.04 bits per heavy atom. The maximum atomic E-state index is 11.2. The van der Waals surface area contributed by atoms with Gasteiger partial charge >= 0.3 is 0 Å². The first kappa shape index (κ1) is 15.0. The average molecular weight is 305 g/mol. The van der Waals surface area contributed by atoms with Crippen molar-refractivity contribution in [2.75, 3.05) is 0 Å². The van der Waals surface area contributed by atoms with Crippen LogP contribution >= 0.6 is 0 Å². The Hall–Kier alpha value is -2.88. The number of hydrogen-bond donors (Lipinski definition) is 1. The molecule has 1 heterocycles. The highest BCUT2D eigenvalue weighted by molar-refractivity contribution is 5.93. The lowest BCUT2D eigenvalue weighted by atomic mass is 9.99. The molecule has 0 bridgehead atoms. The van der Waals surface area contributed by atoms with E-state index in [-0.39, 0.29) is 0 Å². The molecular formula is C19H19N3O. The van der Waals surface area contributed by atoms with Gasteiger partial charge in [0, 0.05) is 29.3 Å². The second-order valence-electron chi connectivity index (χ2n) is 5.46. The highest BCUT2D eigenvalue weighted by Crippen LogP contribution is 2.32. The SMILES string of the molecule is CCc1c(-c2ccccc2)nn(C)c1-c1ccc(C(N)=O)cc1. The van der Waals surface area contributed by atoms with Crippen molar-refractivity contribution < 1.29 is 4.79 Å². The number of hydrogen-bond acceptors (Lipinski definition) is 2. The maximum Gasteiger partial charge on any atom is 0.248 e. The smallest absolute Gasteiger partial charge is 0.248 e. The van der Waals surface area contributed by atoms with Gasteiger partial charge in [0.15, 0.2) is 0 Å². The van der Waals surface area contributed by atoms with Gasteiger partial charge in [-0.15, -0.1) is 0 Å². The van der Waals surface area contributed by atoms with Crippen molar-refractivity contribution in [3.63, 3.8) is 0 Å². The molecule has 4 heteroatoms. The number of benzene rings is 2. The molecule has 0 fully saturated rings. The van der Waals surface area contributed by atoms with Crippen molar-refractivity contribution in [2.24, 2.45) is 12.8 Å². The molecule has 0 aliphatic rings. The van der Waals surface area contributed by atoms with Gasteiger partial charge < -0.3 is 5.73 Å². The Morgan fingerprint density at radius 2 is 1.70 bits per heavy atom. The molecule has 2 N–H and O–H groups in total. The van der Waals surface area contributed by atoms with Crippen LogP contribution < -0.4 is 5.73 Å². The van der Waals surface area contributed by atoms with Gasteiger partial charge in [0.2, 0.25) is 5.91 Å². The van der Waals surface area contributed by atoms with Crippen molar-refractivity contribution in [2.45, 2.75) is 13.3 Å². The first-order valence-corrected chi connectivity index (χ1v) is 7.63. The summed E-state index contributed by atoms with van der Waals surface area (Å²) < 4.78 is 1.90. The molecule has 3 aromatic rings. The Morgan fingerprint density at radius 3 is 2.26 bits per heavy atom. The van der Waals surface area contributed by atoms with Gasteiger partial charge in [-0.3, -0.25) is 9.48 Å². The zero-order valence-electron chi connectivity index (χ0n) is 13.3. The lowest BCUT2D eigenvalue weighted by molar-refractivity contribution is 0.100. The molecule has 0 saturated carbocycles. The van der Waals surface area contributed by atoms with Crippen LogP contribution in [-0.2, 0) is 13.5 Å². The third kappa shape index (κ3) is 2.75. The molecule has 0 aliphatic carbocycles. The highest BCUT2D eigenvalue weighted by atomic mass is 16.1. The van der Waals surface area contributed by atoms with Crippen LogP contribution in [0, 0.1) is 0 Å². The van der Waals surface area contributed by atoms with E-state index in [9.17, 15) is 4.79 Å². The van der Waals surface area contributed by atoms with Crippen molar-refractivity contribution >= 4 is 5.91 Å². The predicted octanol–water partition coefficient (Wildman–Crippen LogP) is 3.42. The van der Waals surface area contributed by atoms with Crippen LogP contribution in [0.2, 0.25) is 0 Å². The normalized spacial score (nSPS) is 10.7. The molecule has 0 radical (unpaired) electrons. The van der Waals surface area contributed by atoms with Gasteiger partial charge in [0.25, 0.3) is 0 Å². The summed E-state index contributed by atoms with van der Waals surface area (Å²) in [6.07, 6.45) is 0.880. The Labute approximate surface area is 135 Å². The second-order valence-corrected chi connectivity index (χ2v) is 5.46. The van der Waals surface area contributed by atoms with Gasteiger partial charge in [-0.1, -0.05) is 49.4 Å². The monoisotopic (exact) mass is 305 g/mol. The van der Waals surface area contributed by atoms with Gasteiger partial charge in [-0.25, -0.2) is 0 Å². The number of nitrogens with two attached hydrogens (primary N) is 1. The first-order valence-electron chi connectivity index (χ1n) is 7.63. The number of aromatic nitrogens is 2. The van der Waals surface area contributed by atoms with E-state index in [4.69, 9.17) is 10.8 Å². The molecule has 4 nitrogen and oxygen atoms in total. The number of carbonyl (C=O) groups excluding carboxylic acids is 1. The Kier molecular flexibility index (Phi) is 3.98. The summed E-state index contributed by atoms with van der Waals surface area (Å²) in [5.74, 6) is -0.415. The fraction of sp³-hybridized carbons (Fsp3) is 0.158. The van der Waals surface area contributed by atoms with E-state index in [1.807, 2.05) is 42.1 Å². The summed E-state index contributed by atoms with van der Waals surface area (Å²) in [6.45, 7) is 2.13. The standard InChI is InChI=1S/C19H19N3O/c1-3-16-17(13-7-5-4-6-8-13)21-22(2)18(16)14-9-11-15(12-10-14)19(20)23/h4-12H,3H2,1-2H3,(H2,20,23). The lowest BCUT2D eigenvalue weighted by Gasteiger charge is -2.06. The van der Waals surface area contributed by atoms with E-state index in [1.54, 1.807) is 12.1 Å². The summed E-state index contributed by atoms with van der Waals surface area (Å²) in [4.78, 5) is 11.2. The molecule has 0 aliphatic heterocycles. The highest BCUT2D eigenvalue weighted by Gasteiger charge is 2.17. The zero-order valence-corrected chi connectivity index (χ0v) is 13.3. The molecule has 0 spiro atoms. The van der Waals surface area contributed by atoms with Crippen LogP contribution in [0.25, 0.3) is 22.5 Å². The zero-order chi connectivity index (χ0) is 16.4. The van der Waals surface area contributed by atoms with Crippen LogP contribution in [0.15, 0.2) is 54.6 Å². The van der Waals surface area contributed by atoms with Gasteiger partial charge in [-0.2, -0.15) is 5.10 Å². The van der Waals surface area contributed by atoms with E-state index in [0.717, 1.165) is 28.9 Å². The lowest BCUT2D eigenvalue weighted by Crippen LogP contribution is -2.10. The van der Waals surface area contributed by atoms with Gasteiger partial charge in [0.1, 0.15) is 0 Å². The van der Waals surface area contributed by atoms with Crippen LogP contribution in [-0.4, -0.2) is 15.7 Å². The molecule has 1 aromatic heterocycles. The van der Waals surface area contributed by atoms with Crippen molar-refractivity contribution in [3.05, 3.63) is 65.7 Å². The molecule has 0 unspecified atom stereocenters. The molecule has 0 saturated heterocycles. The van der Waals surface area contributed by atoms with Crippen LogP contribution in [0.1, 0.15) is 22.8 Å². The van der Waals surface area contributed by atoms with Gasteiger partial charge in [0.05, 0.1) is 11.4 Å². The maximum absolute atomic E-state index is 11.2. The molecule has 116 valence electrons. The molecule has 23 heavy (non-hydrogen) atoms. The third-order valence-electron chi connectivity index (χ3n) is 3.99. The minimum absolute atomic E-state index is 0.415. The number of nitrogens with zero attached hydrogens (tertiary/aromatic N) is 2. The van der Waals surface area contributed by atoms with Crippen LogP contribution in [0.3, 0.4) is 0 Å². The Bertz CT molecular complexity index is 833. The fourth-order valence-corrected chi connectivity index (χ4v) is 2.88. The molecule has 2 aromatic carbocycles. The van der Waals surface area contributed by atoms with E-state index in [1.165, 1.54) is 5.56 Å². The fourth-order valence-electron chi connectivity index (χ4n) is 2.88. The summed E-state index contributed by atoms with van der Waals surface area (Å²) in [6, 6.07) is 17.5. The number of rotatable bonds is 4. The Balaban J connectivity index is 2.13. The molecular weight excluding hydrogens is 286 g/mol. The summed E-state index contributed by atoms with van der Waals surface area (Å²) in [7, 11) is 1.95. The van der Waals surface area contributed by atoms with Crippen LogP contribution in [0.4, 0.5) is 0 Å². The topological polar surface area (TPSA) is 60.9 Å². The third-order valence-corrected chi connectivity index (χ3v) is 3.99. The number of primary amides is 1. The van der Waals surface area contributed by atoms with Crippen molar-refractivity contribution in [1.29, 1.82) is 0 Å².